The molecule has 0 aromatic carbocycles. The molecule has 0 aliphatic rings. The summed E-state index contributed by atoms with van der Waals surface area (Å²) in [5.74, 6) is -0.237. The van der Waals surface area contributed by atoms with Gasteiger partial charge in [0.25, 0.3) is 0 Å². The van der Waals surface area contributed by atoms with Gasteiger partial charge in [-0.15, -0.1) is 0 Å². The molecule has 0 saturated heterocycles. The van der Waals surface area contributed by atoms with E-state index in [-0.39, 0.29) is 24.8 Å². The molecular formula is C28H63ClN2O5P2. The Kier molecular flexibility index (Phi) is 32.1. The van der Waals surface area contributed by atoms with Crippen molar-refractivity contribution in [3.8, 4) is 0 Å². The van der Waals surface area contributed by atoms with Gasteiger partial charge >= 0.3 is 11.9 Å². The summed E-state index contributed by atoms with van der Waals surface area (Å²) in [7, 11) is 1.24. The number of ether oxygens (including phenoxy) is 2. The van der Waals surface area contributed by atoms with Crippen LogP contribution in [0.25, 0.3) is 0 Å². The van der Waals surface area contributed by atoms with Crippen molar-refractivity contribution in [1.82, 2.24) is 9.57 Å². The van der Waals surface area contributed by atoms with Gasteiger partial charge in [-0.2, -0.15) is 0 Å². The third-order valence-electron chi connectivity index (χ3n) is 4.35. The molecule has 0 aromatic heterocycles. The molecule has 0 amide bonds. The molecule has 0 aliphatic carbocycles. The molecular weight excluding hydrogens is 542 g/mol. The molecule has 1 atom stereocenters. The third kappa shape index (κ3) is 43.0. The van der Waals surface area contributed by atoms with Crippen molar-refractivity contribution in [2.75, 3.05) is 59.8 Å². The molecule has 0 aromatic rings. The van der Waals surface area contributed by atoms with Crippen molar-refractivity contribution in [2.45, 2.75) is 113 Å². The number of unbranched alkanes of at least 4 members (excludes halogenated alkanes) is 1. The number of halogens is 1. The molecule has 0 saturated carbocycles. The number of nitrogens with zero attached hydrogens (tertiary/aromatic N) is 2. The summed E-state index contributed by atoms with van der Waals surface area (Å²) >= 11 is 5.34. The van der Waals surface area contributed by atoms with Crippen molar-refractivity contribution in [2.24, 2.45) is 0 Å². The lowest BCUT2D eigenvalue weighted by molar-refractivity contribution is -0.156. The van der Waals surface area contributed by atoms with Crippen molar-refractivity contribution >= 4 is 38.8 Å². The highest BCUT2D eigenvalue weighted by atomic mass is 35.7. The summed E-state index contributed by atoms with van der Waals surface area (Å²) < 4.78 is 17.9. The van der Waals surface area contributed by atoms with Crippen LogP contribution in [0.3, 0.4) is 0 Å². The average Bonchev–Trinajstić information content (AvgIpc) is 2.75. The first-order valence-corrected chi connectivity index (χ1v) is 18.7. The van der Waals surface area contributed by atoms with E-state index in [9.17, 15) is 9.59 Å². The van der Waals surface area contributed by atoms with E-state index in [1.54, 1.807) is 0 Å². The molecule has 0 aliphatic heterocycles. The summed E-state index contributed by atoms with van der Waals surface area (Å²) in [6, 6.07) is 0. The lowest BCUT2D eigenvalue weighted by atomic mass is 10.2. The van der Waals surface area contributed by atoms with Gasteiger partial charge in [0.05, 0.1) is 6.42 Å². The van der Waals surface area contributed by atoms with E-state index in [1.165, 1.54) is 19.6 Å². The van der Waals surface area contributed by atoms with E-state index in [1.807, 2.05) is 75.5 Å². The fourth-order valence-electron chi connectivity index (χ4n) is 2.46. The molecule has 0 fully saturated rings. The predicted octanol–water partition coefficient (Wildman–Crippen LogP) is 8.38. The molecule has 0 rings (SSSR count). The quantitative estimate of drug-likeness (QED) is 0.164. The van der Waals surface area contributed by atoms with Gasteiger partial charge in [-0.3, -0.25) is 14.3 Å². The lowest BCUT2D eigenvalue weighted by Gasteiger charge is -2.24. The molecule has 7 nitrogen and oxygen atoms in total. The summed E-state index contributed by atoms with van der Waals surface area (Å²) in [5.41, 5.74) is -0.725. The fourth-order valence-corrected chi connectivity index (χ4v) is 3.41. The number of hydrogen-bond acceptors (Lipinski definition) is 7. The first-order valence-electron chi connectivity index (χ1n) is 13.9. The summed E-state index contributed by atoms with van der Waals surface area (Å²) in [5, 5.41) is 0. The Labute approximate surface area is 244 Å². The van der Waals surface area contributed by atoms with E-state index in [0.717, 1.165) is 12.8 Å². The zero-order valence-corrected chi connectivity index (χ0v) is 30.1. The smallest absolute Gasteiger partial charge is 0.307 e. The molecule has 0 heterocycles. The Morgan fingerprint density at radius 1 is 0.763 bits per heavy atom. The van der Waals surface area contributed by atoms with Crippen LogP contribution < -0.4 is 0 Å². The monoisotopic (exact) mass is 604 g/mol. The van der Waals surface area contributed by atoms with Crippen LogP contribution in [-0.4, -0.2) is 92.5 Å². The fraction of sp³-hybridized carbons (Fsp3) is 0.929. The molecule has 0 N–H and O–H groups in total. The van der Waals surface area contributed by atoms with Gasteiger partial charge in [-0.1, -0.05) is 45.4 Å². The number of carbonyl (C=O) groups is 2. The Morgan fingerprint density at radius 3 is 1.39 bits per heavy atom. The zero-order chi connectivity index (χ0) is 30.9. The Balaban J connectivity index is -0.000000227. The molecule has 0 spiro atoms. The maximum absolute atomic E-state index is 11.5. The summed E-state index contributed by atoms with van der Waals surface area (Å²) in [4.78, 5) is 24.8. The molecule has 0 radical (unpaired) electrons. The van der Waals surface area contributed by atoms with E-state index in [2.05, 4.69) is 37.3 Å². The minimum absolute atomic E-state index is 0.0839. The maximum atomic E-state index is 11.5. The minimum atomic E-state index is -0.580. The van der Waals surface area contributed by atoms with Gasteiger partial charge in [-0.05, 0) is 109 Å². The minimum Gasteiger partial charge on any atom is -0.460 e. The SMILES string of the molecule is CCCCC(=O)OC(C)(C)C.CCN(CC)CC.CCOP(C)N(C)CCC(=O)OC(C)(C)C.CP(C)Cl. The maximum Gasteiger partial charge on any atom is 0.307 e. The number of hydrogen-bond donors (Lipinski definition) is 0. The van der Waals surface area contributed by atoms with Crippen LogP contribution in [0.4, 0.5) is 0 Å². The molecule has 1 unspecified atom stereocenters. The summed E-state index contributed by atoms with van der Waals surface area (Å²) in [6.45, 7) is 32.9. The highest BCUT2D eigenvalue weighted by Gasteiger charge is 2.18. The number of carbonyl (C=O) groups excluding carboxylic acids is 2. The predicted molar refractivity (Wildman–Crippen MR) is 171 cm³/mol. The van der Waals surface area contributed by atoms with Crippen LogP contribution in [0.1, 0.15) is 102 Å². The van der Waals surface area contributed by atoms with Crippen LogP contribution in [0.15, 0.2) is 0 Å². The molecule has 0 bridgehead atoms. The largest absolute Gasteiger partial charge is 0.460 e. The molecule has 232 valence electrons. The first kappa shape index (κ1) is 45.0. The highest BCUT2D eigenvalue weighted by molar-refractivity contribution is 7.82. The van der Waals surface area contributed by atoms with E-state index in [4.69, 9.17) is 25.2 Å². The van der Waals surface area contributed by atoms with Crippen LogP contribution in [0.2, 0.25) is 0 Å². The van der Waals surface area contributed by atoms with Crippen LogP contribution in [0.5, 0.6) is 0 Å². The summed E-state index contributed by atoms with van der Waals surface area (Å²) in [6.07, 6.45) is 2.93. The second kappa shape index (κ2) is 27.2. The highest BCUT2D eigenvalue weighted by Crippen LogP contribution is 2.35. The van der Waals surface area contributed by atoms with Crippen LogP contribution in [0, 0.1) is 0 Å². The zero-order valence-electron chi connectivity index (χ0n) is 27.6. The van der Waals surface area contributed by atoms with Crippen LogP contribution >= 0.6 is 26.8 Å². The normalized spacial score (nSPS) is 12.0. The van der Waals surface area contributed by atoms with Gasteiger partial charge in [0.2, 0.25) is 0 Å². The van der Waals surface area contributed by atoms with Crippen LogP contribution in [-0.2, 0) is 23.6 Å². The Hall–Kier alpha value is -0.0300. The average molecular weight is 605 g/mol. The topological polar surface area (TPSA) is 68.3 Å². The standard InChI is InChI=1S/C11H24NO3P.C9H18O2.C6H15N.C2H6ClP/c1-7-14-16(6)12(5)9-8-10(13)15-11(2,3)4;1-5-6-7-8(10)11-9(2,3)4;1-4-7(5-2)6-3;1-4(2)3/h7-9H2,1-6H3;5-7H2,1-4H3;4-6H2,1-3H3;1-2H3. The Morgan fingerprint density at radius 2 is 1.13 bits per heavy atom. The van der Waals surface area contributed by atoms with E-state index >= 15 is 0 Å². The van der Waals surface area contributed by atoms with Crippen molar-refractivity contribution < 1.29 is 23.6 Å². The van der Waals surface area contributed by atoms with Crippen molar-refractivity contribution in [3.05, 3.63) is 0 Å². The Bertz CT molecular complexity index is 544. The number of rotatable bonds is 12. The van der Waals surface area contributed by atoms with Gasteiger partial charge in [0.1, 0.15) is 19.5 Å². The van der Waals surface area contributed by atoms with Gasteiger partial charge in [-0.25, -0.2) is 0 Å². The third-order valence-corrected chi connectivity index (χ3v) is 6.15. The second-order valence-corrected chi connectivity index (χ2v) is 16.2. The van der Waals surface area contributed by atoms with E-state index < -0.39 is 13.9 Å². The van der Waals surface area contributed by atoms with Crippen molar-refractivity contribution in [3.63, 3.8) is 0 Å². The van der Waals surface area contributed by atoms with Gasteiger partial charge in [0, 0.05) is 19.6 Å². The first-order chi connectivity index (χ1) is 17.3. The van der Waals surface area contributed by atoms with Gasteiger partial charge < -0.3 is 18.9 Å². The second-order valence-electron chi connectivity index (χ2n) is 10.7. The van der Waals surface area contributed by atoms with Crippen molar-refractivity contribution in [1.29, 1.82) is 0 Å². The van der Waals surface area contributed by atoms with Gasteiger partial charge in [0.15, 0.2) is 0 Å². The van der Waals surface area contributed by atoms with E-state index in [0.29, 0.717) is 26.0 Å². The lowest BCUT2D eigenvalue weighted by Crippen LogP contribution is -2.26. The number of esters is 2. The molecule has 10 heteroatoms. The molecule has 38 heavy (non-hydrogen) atoms.